The molecule has 1 saturated heterocycles. The molecule has 5 fully saturated rings. The average molecular weight is 348 g/mol. The van der Waals surface area contributed by atoms with Gasteiger partial charge in [-0.25, -0.2) is 0 Å². The fourth-order valence-corrected chi connectivity index (χ4v) is 6.66. The number of carbonyl (C=O) groups excluding carboxylic acids is 2. The van der Waals surface area contributed by atoms with Gasteiger partial charge in [0.1, 0.15) is 0 Å². The Balaban J connectivity index is 1.44. The first kappa shape index (κ1) is 17.3. The van der Waals surface area contributed by atoms with Crippen LogP contribution in [0.1, 0.15) is 58.8 Å². The first-order valence-electron chi connectivity index (χ1n) is 10.1. The third-order valence-corrected chi connectivity index (χ3v) is 7.79. The summed E-state index contributed by atoms with van der Waals surface area (Å²) in [4.78, 5) is 26.9. The highest BCUT2D eigenvalue weighted by Crippen LogP contribution is 2.63. The van der Waals surface area contributed by atoms with Crippen molar-refractivity contribution in [3.05, 3.63) is 0 Å². The number of hydrogen-bond acceptors (Lipinski definition) is 3. The monoisotopic (exact) mass is 347 g/mol. The lowest BCUT2D eigenvalue weighted by Gasteiger charge is -2.62. The fraction of sp³-hybridized carbons (Fsp3) is 0.900. The van der Waals surface area contributed by atoms with Crippen molar-refractivity contribution in [1.82, 2.24) is 15.5 Å². The summed E-state index contributed by atoms with van der Waals surface area (Å²) < 4.78 is 0. The van der Waals surface area contributed by atoms with Gasteiger partial charge in [-0.3, -0.25) is 14.5 Å². The Morgan fingerprint density at radius 3 is 2.28 bits per heavy atom. The van der Waals surface area contributed by atoms with E-state index in [-0.39, 0.29) is 35.2 Å². The van der Waals surface area contributed by atoms with Crippen LogP contribution in [0, 0.1) is 23.2 Å². The number of hydrogen-bond donors (Lipinski definition) is 2. The molecule has 25 heavy (non-hydrogen) atoms. The van der Waals surface area contributed by atoms with Gasteiger partial charge in [0.2, 0.25) is 11.8 Å². The molecule has 0 radical (unpaired) electrons. The zero-order valence-corrected chi connectivity index (χ0v) is 15.9. The van der Waals surface area contributed by atoms with E-state index < -0.39 is 0 Å². The van der Waals surface area contributed by atoms with Crippen LogP contribution in [0.2, 0.25) is 0 Å². The van der Waals surface area contributed by atoms with Crippen molar-refractivity contribution in [2.24, 2.45) is 23.2 Å². The molecule has 5 rings (SSSR count). The minimum absolute atomic E-state index is 0.0171. The van der Waals surface area contributed by atoms with Crippen molar-refractivity contribution in [3.8, 4) is 0 Å². The summed E-state index contributed by atoms with van der Waals surface area (Å²) in [7, 11) is 1.93. The number of nitrogens with one attached hydrogen (secondary N) is 2. The topological polar surface area (TPSA) is 61.4 Å². The van der Waals surface area contributed by atoms with Gasteiger partial charge in [0.05, 0.1) is 12.5 Å². The number of likely N-dealkylation sites (N-methyl/N-ethyl adjacent to an activating group) is 1. The van der Waals surface area contributed by atoms with Crippen molar-refractivity contribution < 1.29 is 9.59 Å². The van der Waals surface area contributed by atoms with Crippen molar-refractivity contribution in [1.29, 1.82) is 0 Å². The number of rotatable bonds is 4. The van der Waals surface area contributed by atoms with Crippen molar-refractivity contribution in [2.75, 3.05) is 20.1 Å². The third-order valence-electron chi connectivity index (χ3n) is 7.79. The molecule has 0 unspecified atom stereocenters. The molecule has 0 aromatic heterocycles. The predicted molar refractivity (Wildman–Crippen MR) is 96.9 cm³/mol. The van der Waals surface area contributed by atoms with Gasteiger partial charge in [-0.15, -0.1) is 0 Å². The standard InChI is InChI=1S/C20H33N3O2/c1-19(2,20-10-13-6-14(11-20)8-15(7-13)12-20)22-17(24)9-16-18(25)21-4-5-23(16)3/h13-16H,4-12H2,1-3H3,(H,21,25)(H,22,24)/t13?,14?,15?,16-,20?/m0/s1. The SMILES string of the molecule is CN1CCNC(=O)[C@@H]1CC(=O)NC(C)(C)C12CC3CC(CC(C3)C1)C2. The number of piperazine rings is 1. The van der Waals surface area contributed by atoms with Gasteiger partial charge in [0.25, 0.3) is 0 Å². The Hall–Kier alpha value is -1.10. The van der Waals surface area contributed by atoms with Crippen LogP contribution in [0.25, 0.3) is 0 Å². The van der Waals surface area contributed by atoms with Gasteiger partial charge >= 0.3 is 0 Å². The highest BCUT2D eigenvalue weighted by atomic mass is 16.2. The van der Waals surface area contributed by atoms with Gasteiger partial charge in [0, 0.05) is 18.6 Å². The molecular weight excluding hydrogens is 314 g/mol. The molecule has 1 atom stereocenters. The molecule has 0 spiro atoms. The molecule has 2 N–H and O–H groups in total. The normalized spacial score (nSPS) is 40.8. The molecule has 5 aliphatic rings. The van der Waals surface area contributed by atoms with Crippen LogP contribution in [0.15, 0.2) is 0 Å². The smallest absolute Gasteiger partial charge is 0.237 e. The second kappa shape index (κ2) is 5.97. The molecule has 4 aliphatic carbocycles. The Morgan fingerprint density at radius 1 is 1.20 bits per heavy atom. The predicted octanol–water partition coefficient (Wildman–Crippen LogP) is 1.92. The molecule has 2 amide bonds. The minimum atomic E-state index is -0.332. The van der Waals surface area contributed by atoms with Crippen LogP contribution in [0.3, 0.4) is 0 Å². The van der Waals surface area contributed by atoms with Gasteiger partial charge in [-0.05, 0) is 82.6 Å². The first-order chi connectivity index (χ1) is 11.8. The summed E-state index contributed by atoms with van der Waals surface area (Å²) in [5, 5.41) is 6.23. The largest absolute Gasteiger partial charge is 0.353 e. The maximum absolute atomic E-state index is 12.8. The fourth-order valence-electron chi connectivity index (χ4n) is 6.66. The Labute approximate surface area is 151 Å². The lowest BCUT2D eigenvalue weighted by Crippen LogP contribution is -2.63. The van der Waals surface area contributed by atoms with E-state index in [1.165, 1.54) is 38.5 Å². The van der Waals surface area contributed by atoms with Gasteiger partial charge in [-0.1, -0.05) is 0 Å². The quantitative estimate of drug-likeness (QED) is 0.817. The van der Waals surface area contributed by atoms with Crippen LogP contribution in [-0.4, -0.2) is 48.4 Å². The van der Waals surface area contributed by atoms with Crippen LogP contribution >= 0.6 is 0 Å². The Kier molecular flexibility index (Phi) is 4.13. The summed E-state index contributed by atoms with van der Waals surface area (Å²) in [6, 6.07) is -0.332. The van der Waals surface area contributed by atoms with Crippen LogP contribution in [0.5, 0.6) is 0 Å². The van der Waals surface area contributed by atoms with E-state index in [4.69, 9.17) is 0 Å². The summed E-state index contributed by atoms with van der Waals surface area (Å²) in [5.41, 5.74) is 0.0714. The number of carbonyl (C=O) groups is 2. The molecule has 4 saturated carbocycles. The van der Waals surface area contributed by atoms with Crippen LogP contribution < -0.4 is 10.6 Å². The summed E-state index contributed by atoms with van der Waals surface area (Å²) in [5.74, 6) is 2.62. The molecule has 1 heterocycles. The first-order valence-corrected chi connectivity index (χ1v) is 10.1. The zero-order valence-electron chi connectivity index (χ0n) is 15.9. The van der Waals surface area contributed by atoms with E-state index in [1.807, 2.05) is 11.9 Å². The second-order valence-corrected chi connectivity index (χ2v) is 9.86. The van der Waals surface area contributed by atoms with Crippen LogP contribution in [0.4, 0.5) is 0 Å². The maximum Gasteiger partial charge on any atom is 0.237 e. The average Bonchev–Trinajstić information content (AvgIpc) is 2.49. The second-order valence-electron chi connectivity index (χ2n) is 9.86. The van der Waals surface area contributed by atoms with E-state index in [9.17, 15) is 9.59 Å². The van der Waals surface area contributed by atoms with E-state index in [2.05, 4.69) is 24.5 Å². The molecule has 0 aromatic carbocycles. The van der Waals surface area contributed by atoms with Crippen molar-refractivity contribution >= 4 is 11.8 Å². The molecule has 5 nitrogen and oxygen atoms in total. The lowest BCUT2D eigenvalue weighted by atomic mass is 9.45. The number of amides is 2. The lowest BCUT2D eigenvalue weighted by molar-refractivity contribution is -0.138. The van der Waals surface area contributed by atoms with E-state index in [0.717, 1.165) is 24.3 Å². The van der Waals surface area contributed by atoms with Gasteiger partial charge < -0.3 is 10.6 Å². The molecule has 0 aromatic rings. The summed E-state index contributed by atoms with van der Waals surface area (Å²) >= 11 is 0. The highest BCUT2D eigenvalue weighted by Gasteiger charge is 2.57. The van der Waals surface area contributed by atoms with Gasteiger partial charge in [-0.2, -0.15) is 0 Å². The van der Waals surface area contributed by atoms with E-state index >= 15 is 0 Å². The summed E-state index contributed by atoms with van der Waals surface area (Å²) in [6.45, 7) is 5.93. The molecular formula is C20H33N3O2. The summed E-state index contributed by atoms with van der Waals surface area (Å²) in [6.07, 6.45) is 8.32. The zero-order chi connectivity index (χ0) is 17.8. The maximum atomic E-state index is 12.8. The minimum Gasteiger partial charge on any atom is -0.353 e. The number of nitrogens with zero attached hydrogens (tertiary/aromatic N) is 1. The highest BCUT2D eigenvalue weighted by molar-refractivity contribution is 5.89. The molecule has 4 bridgehead atoms. The van der Waals surface area contributed by atoms with E-state index in [1.54, 1.807) is 0 Å². The van der Waals surface area contributed by atoms with Gasteiger partial charge in [0.15, 0.2) is 0 Å². The van der Waals surface area contributed by atoms with Crippen molar-refractivity contribution in [2.45, 2.75) is 70.4 Å². The molecule has 1 aliphatic heterocycles. The Bertz CT molecular complexity index is 536. The Morgan fingerprint density at radius 2 is 1.76 bits per heavy atom. The van der Waals surface area contributed by atoms with E-state index in [0.29, 0.717) is 6.54 Å². The molecule has 5 heteroatoms. The third kappa shape index (κ3) is 2.98. The molecule has 140 valence electrons. The van der Waals surface area contributed by atoms with Crippen LogP contribution in [-0.2, 0) is 9.59 Å². The van der Waals surface area contributed by atoms with Crippen molar-refractivity contribution in [3.63, 3.8) is 0 Å².